The molecule has 2 fully saturated rings. The van der Waals surface area contributed by atoms with E-state index in [0.29, 0.717) is 12.5 Å². The Bertz CT molecular complexity index is 1430. The average molecular weight is 576 g/mol. The Balaban J connectivity index is 1.30. The normalized spacial score (nSPS) is 16.9. The topological polar surface area (TPSA) is 81.9 Å². The van der Waals surface area contributed by atoms with Crippen LogP contribution in [0.2, 0.25) is 0 Å². The lowest BCUT2D eigenvalue weighted by Crippen LogP contribution is -2.47. The summed E-state index contributed by atoms with van der Waals surface area (Å²) in [5, 5.41) is 15.8. The van der Waals surface area contributed by atoms with Gasteiger partial charge >= 0.3 is 0 Å². The van der Waals surface area contributed by atoms with Crippen molar-refractivity contribution in [3.8, 4) is 29.5 Å². The lowest BCUT2D eigenvalue weighted by atomic mass is 9.98. The highest BCUT2D eigenvalue weighted by Crippen LogP contribution is 2.34. The van der Waals surface area contributed by atoms with Gasteiger partial charge in [-0.1, -0.05) is 66.4 Å². The fourth-order valence-electron chi connectivity index (χ4n) is 5.74. The van der Waals surface area contributed by atoms with E-state index in [0.717, 1.165) is 67.9 Å². The summed E-state index contributed by atoms with van der Waals surface area (Å²) < 4.78 is 12.0. The lowest BCUT2D eigenvalue weighted by molar-refractivity contribution is 0.198. The number of guanidine groups is 1. The van der Waals surface area contributed by atoms with Crippen LogP contribution in [0, 0.1) is 23.3 Å². The van der Waals surface area contributed by atoms with Gasteiger partial charge in [0.1, 0.15) is 0 Å². The molecule has 1 saturated carbocycles. The fraction of sp³-hybridized carbons (Fsp3) is 0.389. The Morgan fingerprint density at radius 1 is 0.953 bits per heavy atom. The summed E-state index contributed by atoms with van der Waals surface area (Å²) in [5.74, 6) is 8.52. The molecule has 222 valence electrons. The van der Waals surface area contributed by atoms with Crippen molar-refractivity contribution in [1.82, 2.24) is 15.5 Å². The summed E-state index contributed by atoms with van der Waals surface area (Å²) in [5.41, 5.74) is 3.29. The monoisotopic (exact) mass is 575 g/mol. The highest BCUT2D eigenvalue weighted by Gasteiger charge is 2.22. The molecule has 0 radical (unpaired) electrons. The zero-order chi connectivity index (χ0) is 29.7. The van der Waals surface area contributed by atoms with Crippen molar-refractivity contribution < 1.29 is 9.47 Å². The molecule has 2 N–H and O–H groups in total. The van der Waals surface area contributed by atoms with Crippen molar-refractivity contribution in [2.45, 2.75) is 63.1 Å². The summed E-state index contributed by atoms with van der Waals surface area (Å²) in [6.45, 7) is 3.33. The molecule has 43 heavy (non-hydrogen) atoms. The molecule has 1 atom stereocenters. The largest absolute Gasteiger partial charge is 0.493 e. The molecule has 1 aliphatic heterocycles. The Labute approximate surface area is 255 Å². The molecule has 0 bridgehead atoms. The first-order valence-corrected chi connectivity index (χ1v) is 15.3. The standard InChI is InChI=1S/C36H41N5O2/c1-42-34-19-18-30(24-35(34)43-33-14-8-9-15-33)31(17-16-28-10-4-2-5-11-28)25-38-36(39-27-37)40-32-20-22-41(23-21-32)26-29-12-6-3-7-13-29/h2-7,10-13,18-19,24,31-33H,8-9,14-15,20-23,25-26H2,1H3,(H2,38,39,40). The SMILES string of the molecule is COc1ccc(C(C#Cc2ccccc2)CN=C(NC#N)NC2CCN(Cc3ccccc3)CC2)cc1OC1CCCC1. The maximum absolute atomic E-state index is 9.49. The second-order valence-corrected chi connectivity index (χ2v) is 11.2. The first-order chi connectivity index (χ1) is 21.2. The van der Waals surface area contributed by atoms with Crippen LogP contribution in [0.4, 0.5) is 0 Å². The molecule has 1 aliphatic carbocycles. The van der Waals surface area contributed by atoms with Crippen LogP contribution >= 0.6 is 0 Å². The van der Waals surface area contributed by atoms with E-state index < -0.39 is 0 Å². The molecule has 3 aromatic carbocycles. The third-order valence-electron chi connectivity index (χ3n) is 8.13. The Morgan fingerprint density at radius 3 is 2.37 bits per heavy atom. The molecule has 3 aromatic rings. The number of hydrogen-bond acceptors (Lipinski definition) is 5. The Morgan fingerprint density at radius 2 is 1.67 bits per heavy atom. The van der Waals surface area contributed by atoms with Gasteiger partial charge in [0.25, 0.3) is 0 Å². The Kier molecular flexibility index (Phi) is 10.9. The van der Waals surface area contributed by atoms with Gasteiger partial charge < -0.3 is 14.8 Å². The van der Waals surface area contributed by atoms with Crippen molar-refractivity contribution in [3.63, 3.8) is 0 Å². The van der Waals surface area contributed by atoms with Gasteiger partial charge in [-0.15, -0.1) is 0 Å². The van der Waals surface area contributed by atoms with E-state index in [2.05, 4.69) is 63.9 Å². The van der Waals surface area contributed by atoms with Gasteiger partial charge in [-0.3, -0.25) is 15.2 Å². The van der Waals surface area contributed by atoms with Crippen LogP contribution in [0.3, 0.4) is 0 Å². The number of likely N-dealkylation sites (tertiary alicyclic amines) is 1. The van der Waals surface area contributed by atoms with Gasteiger partial charge in [0.15, 0.2) is 17.7 Å². The molecular weight excluding hydrogens is 534 g/mol. The van der Waals surface area contributed by atoms with Gasteiger partial charge in [-0.2, -0.15) is 5.26 Å². The molecule has 5 rings (SSSR count). The number of nitrogens with zero attached hydrogens (tertiary/aromatic N) is 3. The Hall–Kier alpha value is -4.46. The first kappa shape index (κ1) is 30.0. The summed E-state index contributed by atoms with van der Waals surface area (Å²) in [7, 11) is 1.67. The fourth-order valence-corrected chi connectivity index (χ4v) is 5.74. The van der Waals surface area contributed by atoms with Gasteiger partial charge in [0, 0.05) is 31.2 Å². The van der Waals surface area contributed by atoms with Crippen molar-refractivity contribution in [2.75, 3.05) is 26.7 Å². The number of methoxy groups -OCH3 is 1. The van der Waals surface area contributed by atoms with Crippen molar-refractivity contribution in [3.05, 3.63) is 95.6 Å². The molecule has 0 aromatic heterocycles. The van der Waals surface area contributed by atoms with Gasteiger partial charge in [-0.25, -0.2) is 0 Å². The molecule has 2 aliphatic rings. The van der Waals surface area contributed by atoms with E-state index in [1.165, 1.54) is 18.4 Å². The highest BCUT2D eigenvalue weighted by atomic mass is 16.5. The van der Waals surface area contributed by atoms with Gasteiger partial charge in [0.2, 0.25) is 5.96 Å². The molecule has 1 saturated heterocycles. The number of piperidine rings is 1. The average Bonchev–Trinajstić information content (AvgIpc) is 3.56. The minimum atomic E-state index is -0.206. The van der Waals surface area contributed by atoms with Crippen LogP contribution < -0.4 is 20.1 Å². The second-order valence-electron chi connectivity index (χ2n) is 11.2. The smallest absolute Gasteiger partial charge is 0.204 e. The van der Waals surface area contributed by atoms with Crippen LogP contribution in [0.5, 0.6) is 11.5 Å². The van der Waals surface area contributed by atoms with E-state index in [1.54, 1.807) is 7.11 Å². The van der Waals surface area contributed by atoms with Crippen LogP contribution in [0.25, 0.3) is 0 Å². The van der Waals surface area contributed by atoms with Crippen LogP contribution in [0.15, 0.2) is 83.9 Å². The van der Waals surface area contributed by atoms with Crippen molar-refractivity contribution in [2.24, 2.45) is 4.99 Å². The van der Waals surface area contributed by atoms with Crippen LogP contribution in [-0.2, 0) is 6.54 Å². The quantitative estimate of drug-likeness (QED) is 0.110. The number of ether oxygens (including phenoxy) is 2. The number of aliphatic imine (C=N–C) groups is 1. The third kappa shape index (κ3) is 9.01. The van der Waals surface area contributed by atoms with E-state index in [9.17, 15) is 5.26 Å². The van der Waals surface area contributed by atoms with Crippen LogP contribution in [0.1, 0.15) is 61.1 Å². The van der Waals surface area contributed by atoms with E-state index in [-0.39, 0.29) is 18.1 Å². The van der Waals surface area contributed by atoms with Gasteiger partial charge in [0.05, 0.1) is 25.7 Å². The summed E-state index contributed by atoms with van der Waals surface area (Å²) >= 11 is 0. The molecule has 0 spiro atoms. The number of hydrogen-bond donors (Lipinski definition) is 2. The zero-order valence-corrected chi connectivity index (χ0v) is 25.0. The predicted molar refractivity (Wildman–Crippen MR) is 171 cm³/mol. The molecule has 7 heteroatoms. The summed E-state index contributed by atoms with van der Waals surface area (Å²) in [4.78, 5) is 7.32. The van der Waals surface area contributed by atoms with Crippen molar-refractivity contribution in [1.29, 1.82) is 5.26 Å². The molecular formula is C36H41N5O2. The van der Waals surface area contributed by atoms with E-state index in [4.69, 9.17) is 14.5 Å². The molecule has 0 amide bonds. The third-order valence-corrected chi connectivity index (χ3v) is 8.13. The maximum atomic E-state index is 9.49. The summed E-state index contributed by atoms with van der Waals surface area (Å²) in [6, 6.07) is 26.8. The minimum absolute atomic E-state index is 0.206. The first-order valence-electron chi connectivity index (χ1n) is 15.3. The predicted octanol–water partition coefficient (Wildman–Crippen LogP) is 5.83. The number of benzene rings is 3. The van der Waals surface area contributed by atoms with E-state index >= 15 is 0 Å². The molecule has 1 unspecified atom stereocenters. The summed E-state index contributed by atoms with van der Waals surface area (Å²) in [6.07, 6.45) is 8.76. The highest BCUT2D eigenvalue weighted by molar-refractivity contribution is 5.81. The molecule has 1 heterocycles. The van der Waals surface area contributed by atoms with E-state index in [1.807, 2.05) is 48.5 Å². The van der Waals surface area contributed by atoms with Crippen molar-refractivity contribution >= 4 is 5.96 Å². The number of rotatable bonds is 9. The zero-order valence-electron chi connectivity index (χ0n) is 25.0. The lowest BCUT2D eigenvalue weighted by Gasteiger charge is -2.32. The maximum Gasteiger partial charge on any atom is 0.204 e. The molecule has 7 nitrogen and oxygen atoms in total. The number of nitrogens with one attached hydrogen (secondary N) is 2. The number of nitriles is 1. The second kappa shape index (κ2) is 15.7. The minimum Gasteiger partial charge on any atom is -0.493 e. The van der Waals surface area contributed by atoms with Crippen LogP contribution in [-0.4, -0.2) is 49.7 Å². The van der Waals surface area contributed by atoms with Gasteiger partial charge in [-0.05, 0) is 73.9 Å².